The van der Waals surface area contributed by atoms with Crippen molar-refractivity contribution >= 4 is 0 Å². The van der Waals surface area contributed by atoms with Crippen LogP contribution in [0, 0.1) is 0 Å². The van der Waals surface area contributed by atoms with Crippen LogP contribution < -0.4 is 10.5 Å². The van der Waals surface area contributed by atoms with Crippen molar-refractivity contribution < 1.29 is 9.84 Å². The van der Waals surface area contributed by atoms with Crippen LogP contribution in [-0.2, 0) is 0 Å². The maximum atomic E-state index is 10.2. The molecule has 0 aliphatic carbocycles. The highest BCUT2D eigenvalue weighted by atomic mass is 16.5. The zero-order valence-corrected chi connectivity index (χ0v) is 14.8. The van der Waals surface area contributed by atoms with E-state index in [0.717, 1.165) is 18.6 Å². The van der Waals surface area contributed by atoms with Gasteiger partial charge >= 0.3 is 0 Å². The Labute approximate surface area is 135 Å². The summed E-state index contributed by atoms with van der Waals surface area (Å²) < 4.78 is 5.71. The predicted octanol–water partition coefficient (Wildman–Crippen LogP) is 4.19. The van der Waals surface area contributed by atoms with Gasteiger partial charge in [0.2, 0.25) is 0 Å². The van der Waals surface area contributed by atoms with E-state index in [2.05, 4.69) is 45.9 Å². The molecule has 3 nitrogen and oxygen atoms in total. The van der Waals surface area contributed by atoms with Crippen molar-refractivity contribution in [2.45, 2.75) is 77.9 Å². The highest BCUT2D eigenvalue weighted by Crippen LogP contribution is 2.31. The first-order valence-electron chi connectivity index (χ1n) is 8.60. The molecule has 3 heteroatoms. The van der Waals surface area contributed by atoms with Crippen molar-refractivity contribution in [3.63, 3.8) is 0 Å². The van der Waals surface area contributed by atoms with Crippen molar-refractivity contribution in [2.75, 3.05) is 6.61 Å². The van der Waals surface area contributed by atoms with Crippen molar-refractivity contribution in [3.05, 3.63) is 29.3 Å². The van der Waals surface area contributed by atoms with Gasteiger partial charge in [0.25, 0.3) is 0 Å². The molecule has 126 valence electrons. The highest BCUT2D eigenvalue weighted by Gasteiger charge is 2.19. The Kier molecular flexibility index (Phi) is 7.91. The number of hydrogen-bond acceptors (Lipinski definition) is 3. The molecule has 0 fully saturated rings. The Morgan fingerprint density at radius 1 is 1.18 bits per heavy atom. The molecule has 0 spiro atoms. The molecule has 0 saturated carbocycles. The molecule has 1 aromatic carbocycles. The van der Waals surface area contributed by atoms with Crippen molar-refractivity contribution in [3.8, 4) is 5.75 Å². The zero-order valence-electron chi connectivity index (χ0n) is 14.8. The van der Waals surface area contributed by atoms with E-state index in [-0.39, 0.29) is 12.0 Å². The largest absolute Gasteiger partial charge is 0.494 e. The maximum absolute atomic E-state index is 10.2. The van der Waals surface area contributed by atoms with Gasteiger partial charge in [0.15, 0.2) is 0 Å². The Bertz CT molecular complexity index is 445. The quantitative estimate of drug-likeness (QED) is 0.719. The molecule has 0 amide bonds. The van der Waals surface area contributed by atoms with E-state index in [1.807, 2.05) is 6.92 Å². The van der Waals surface area contributed by atoms with Gasteiger partial charge in [-0.1, -0.05) is 46.2 Å². The summed E-state index contributed by atoms with van der Waals surface area (Å²) in [6.07, 6.45) is 2.14. The second-order valence-electron chi connectivity index (χ2n) is 6.54. The number of aliphatic hydroxyl groups excluding tert-OH is 1. The van der Waals surface area contributed by atoms with Crippen LogP contribution in [-0.4, -0.2) is 23.9 Å². The van der Waals surface area contributed by atoms with Gasteiger partial charge < -0.3 is 15.6 Å². The first-order chi connectivity index (χ1) is 10.4. The van der Waals surface area contributed by atoms with Gasteiger partial charge in [-0.05, 0) is 48.8 Å². The second-order valence-corrected chi connectivity index (χ2v) is 6.54. The van der Waals surface area contributed by atoms with E-state index >= 15 is 0 Å². The van der Waals surface area contributed by atoms with E-state index in [0.29, 0.717) is 18.9 Å². The predicted molar refractivity (Wildman–Crippen MR) is 93.6 cm³/mol. The molecule has 22 heavy (non-hydrogen) atoms. The first-order valence-corrected chi connectivity index (χ1v) is 8.60. The number of aliphatic hydroxyl groups is 1. The third-order valence-electron chi connectivity index (χ3n) is 4.24. The smallest absolute Gasteiger partial charge is 0.122 e. The lowest BCUT2D eigenvalue weighted by atomic mass is 9.89. The number of ether oxygens (including phenoxy) is 1. The molecule has 3 N–H and O–H groups in total. The normalized spacial score (nSPS) is 15.6. The van der Waals surface area contributed by atoms with Gasteiger partial charge in [0, 0.05) is 6.04 Å². The van der Waals surface area contributed by atoms with Crippen LogP contribution in [0.4, 0.5) is 0 Å². The number of benzene rings is 1. The lowest BCUT2D eigenvalue weighted by Gasteiger charge is -2.23. The molecular weight excluding hydrogens is 274 g/mol. The van der Waals surface area contributed by atoms with Crippen LogP contribution in [0.5, 0.6) is 5.75 Å². The van der Waals surface area contributed by atoms with Gasteiger partial charge in [-0.15, -0.1) is 0 Å². The summed E-state index contributed by atoms with van der Waals surface area (Å²) in [6.45, 7) is 11.3. The summed E-state index contributed by atoms with van der Waals surface area (Å²) >= 11 is 0. The van der Waals surface area contributed by atoms with Crippen LogP contribution in [0.2, 0.25) is 0 Å². The lowest BCUT2D eigenvalue weighted by molar-refractivity contribution is 0.124. The number of hydrogen-bond donors (Lipinski definition) is 2. The molecule has 0 bridgehead atoms. The van der Waals surface area contributed by atoms with Crippen molar-refractivity contribution in [2.24, 2.45) is 5.73 Å². The molecule has 0 aliphatic rings. The maximum Gasteiger partial charge on any atom is 0.122 e. The highest BCUT2D eigenvalue weighted by molar-refractivity contribution is 5.40. The molecule has 0 aromatic heterocycles. The summed E-state index contributed by atoms with van der Waals surface area (Å²) in [4.78, 5) is 0. The average Bonchev–Trinajstić information content (AvgIpc) is 2.47. The standard InChI is InChI=1S/C19H33NO2/c1-6-8-17(20)18(21)11-14(5)15-9-10-19(22-7-2)16(12-15)13(3)4/h9-10,12-14,17-18,21H,6-8,11,20H2,1-5H3. The lowest BCUT2D eigenvalue weighted by Crippen LogP contribution is -2.35. The molecule has 0 saturated heterocycles. The summed E-state index contributed by atoms with van der Waals surface area (Å²) in [7, 11) is 0. The topological polar surface area (TPSA) is 55.5 Å². The minimum Gasteiger partial charge on any atom is -0.494 e. The molecule has 0 aliphatic heterocycles. The number of nitrogens with two attached hydrogens (primary N) is 1. The summed E-state index contributed by atoms with van der Waals surface area (Å²) in [5.41, 5.74) is 8.51. The van der Waals surface area contributed by atoms with Crippen LogP contribution in [0.25, 0.3) is 0 Å². The third-order valence-corrected chi connectivity index (χ3v) is 4.24. The van der Waals surface area contributed by atoms with E-state index in [1.54, 1.807) is 0 Å². The molecule has 0 heterocycles. The average molecular weight is 307 g/mol. The molecule has 3 unspecified atom stereocenters. The van der Waals surface area contributed by atoms with Crippen molar-refractivity contribution in [1.82, 2.24) is 0 Å². The molecule has 1 rings (SSSR count). The van der Waals surface area contributed by atoms with E-state index in [1.165, 1.54) is 11.1 Å². The first kappa shape index (κ1) is 19.0. The molecule has 1 aromatic rings. The van der Waals surface area contributed by atoms with Gasteiger partial charge in [0.05, 0.1) is 12.7 Å². The Morgan fingerprint density at radius 3 is 2.41 bits per heavy atom. The van der Waals surface area contributed by atoms with E-state index < -0.39 is 6.10 Å². The summed E-state index contributed by atoms with van der Waals surface area (Å²) in [5, 5.41) is 10.2. The van der Waals surface area contributed by atoms with Crippen LogP contribution >= 0.6 is 0 Å². The van der Waals surface area contributed by atoms with Gasteiger partial charge in [0.1, 0.15) is 5.75 Å². The molecule has 0 radical (unpaired) electrons. The molecule has 3 atom stereocenters. The second kappa shape index (κ2) is 9.16. The fraction of sp³-hybridized carbons (Fsp3) is 0.684. The number of rotatable bonds is 9. The van der Waals surface area contributed by atoms with Gasteiger partial charge in [-0.3, -0.25) is 0 Å². The summed E-state index contributed by atoms with van der Waals surface area (Å²) in [5.74, 6) is 1.67. The Morgan fingerprint density at radius 2 is 1.86 bits per heavy atom. The fourth-order valence-corrected chi connectivity index (χ4v) is 2.81. The van der Waals surface area contributed by atoms with Gasteiger partial charge in [-0.2, -0.15) is 0 Å². The minimum absolute atomic E-state index is 0.125. The van der Waals surface area contributed by atoms with Crippen LogP contribution in [0.1, 0.15) is 76.8 Å². The van der Waals surface area contributed by atoms with E-state index in [4.69, 9.17) is 10.5 Å². The summed E-state index contributed by atoms with van der Waals surface area (Å²) in [6, 6.07) is 6.26. The van der Waals surface area contributed by atoms with E-state index in [9.17, 15) is 5.11 Å². The fourth-order valence-electron chi connectivity index (χ4n) is 2.81. The van der Waals surface area contributed by atoms with Crippen molar-refractivity contribution in [1.29, 1.82) is 0 Å². The zero-order chi connectivity index (χ0) is 16.7. The van der Waals surface area contributed by atoms with Crippen LogP contribution in [0.3, 0.4) is 0 Å². The Hall–Kier alpha value is -1.06. The van der Waals surface area contributed by atoms with Gasteiger partial charge in [-0.25, -0.2) is 0 Å². The monoisotopic (exact) mass is 307 g/mol. The SMILES string of the molecule is CCCC(N)C(O)CC(C)c1ccc(OCC)c(C(C)C)c1. The van der Waals surface area contributed by atoms with Crippen LogP contribution in [0.15, 0.2) is 18.2 Å². The molecular formula is C19H33NO2. The Balaban J connectivity index is 2.85. The third kappa shape index (κ3) is 5.29. The minimum atomic E-state index is -0.441.